The molecule has 0 saturated carbocycles. The van der Waals surface area contributed by atoms with E-state index in [-0.39, 0.29) is 5.91 Å². The van der Waals surface area contributed by atoms with Crippen molar-refractivity contribution < 1.29 is 4.79 Å². The minimum atomic E-state index is -1.92. The fraction of sp³-hybridized carbons (Fsp3) is 0.800. The quantitative estimate of drug-likeness (QED) is 0.325. The number of carbonyl (C=O) groups is 1. The zero-order chi connectivity index (χ0) is 12.1. The predicted octanol–water partition coefficient (Wildman–Crippen LogP) is 4.21. The van der Waals surface area contributed by atoms with Crippen LogP contribution >= 0.6 is 38.0 Å². The van der Waals surface area contributed by atoms with Crippen LogP contribution in [0.1, 0.15) is 27.7 Å². The number of hydrogen-bond donors (Lipinski definition) is 0. The number of thioether (sulfide) groups is 1. The summed E-state index contributed by atoms with van der Waals surface area (Å²) in [6.07, 6.45) is 5.42. The molecule has 0 bridgehead atoms. The summed E-state index contributed by atoms with van der Waals surface area (Å²) in [4.78, 5) is 16.5. The van der Waals surface area contributed by atoms with Gasteiger partial charge in [0, 0.05) is 0 Å². The van der Waals surface area contributed by atoms with Gasteiger partial charge in [-0.15, -0.1) is 0 Å². The van der Waals surface area contributed by atoms with Crippen LogP contribution in [0.4, 0.5) is 0 Å². The van der Waals surface area contributed by atoms with Gasteiger partial charge < -0.3 is 0 Å². The molecule has 0 N–H and O–H groups in total. The Morgan fingerprint density at radius 2 is 1.67 bits per heavy atom. The molecule has 0 aliphatic rings. The van der Waals surface area contributed by atoms with E-state index in [1.165, 1.54) is 6.92 Å². The molecule has 5 heteroatoms. The predicted molar refractivity (Wildman–Crippen MR) is 84.2 cm³/mol. The van der Waals surface area contributed by atoms with Crippen molar-refractivity contribution >= 4 is 48.7 Å². The van der Waals surface area contributed by atoms with Crippen molar-refractivity contribution in [3.8, 4) is 0 Å². The molecule has 90 valence electrons. The van der Waals surface area contributed by atoms with Crippen molar-refractivity contribution in [3.05, 3.63) is 0 Å². The second-order valence-electron chi connectivity index (χ2n) is 3.65. The van der Waals surface area contributed by atoms with E-state index >= 15 is 0 Å². The molecule has 0 fully saturated rings. The fourth-order valence-corrected chi connectivity index (χ4v) is 9.46. The second kappa shape index (κ2) is 5.97. The van der Waals surface area contributed by atoms with E-state index in [0.717, 1.165) is 23.3 Å². The number of aliphatic imine (C=N–C) groups is 1. The fourth-order valence-electron chi connectivity index (χ4n) is 1.61. The number of hydrogen-bond acceptors (Lipinski definition) is 2. The number of carbonyl (C=O) groups excluding carboxylic acids is 1. The molecule has 0 rings (SSSR count). The van der Waals surface area contributed by atoms with Crippen LogP contribution in [-0.2, 0) is 4.79 Å². The molecule has 0 atom stereocenters. The van der Waals surface area contributed by atoms with E-state index in [9.17, 15) is 4.79 Å². The first-order valence-corrected chi connectivity index (χ1v) is 12.0. The summed E-state index contributed by atoms with van der Waals surface area (Å²) in [5.74, 6) is -0.0691. The first-order chi connectivity index (χ1) is 6.86. The Hall–Kier alpha value is 0.850. The summed E-state index contributed by atoms with van der Waals surface area (Å²) in [6.45, 7) is 8.21. The van der Waals surface area contributed by atoms with E-state index in [4.69, 9.17) is 0 Å². The van der Waals surface area contributed by atoms with Gasteiger partial charge in [-0.3, -0.25) is 0 Å². The van der Waals surface area contributed by atoms with Crippen molar-refractivity contribution in [2.24, 2.45) is 4.99 Å². The number of nitrogens with zero attached hydrogens (tertiary/aromatic N) is 1. The molecule has 0 aromatic carbocycles. The molecule has 0 aromatic rings. The average Bonchev–Trinajstić information content (AvgIpc) is 2.25. The van der Waals surface area contributed by atoms with Crippen molar-refractivity contribution in [3.63, 3.8) is 0 Å². The molecule has 0 aliphatic carbocycles. The van der Waals surface area contributed by atoms with Crippen molar-refractivity contribution in [2.75, 3.05) is 24.7 Å². The SMILES string of the molecule is CCP(I)(CC)(CC)C(=NC(C)=O)SC. The monoisotopic (exact) mass is 361 g/mol. The molecule has 0 aromatic heterocycles. The third kappa shape index (κ3) is 3.40. The molecule has 0 spiro atoms. The molecule has 15 heavy (non-hydrogen) atoms. The normalized spacial score (nSPS) is 15.9. The molecule has 0 radical (unpaired) electrons. The number of amides is 1. The molecule has 1 amide bonds. The molecule has 0 unspecified atom stereocenters. The summed E-state index contributed by atoms with van der Waals surface area (Å²) >= 11 is 4.28. The van der Waals surface area contributed by atoms with Gasteiger partial charge in [0.05, 0.1) is 0 Å². The van der Waals surface area contributed by atoms with E-state index in [1.54, 1.807) is 11.8 Å². The van der Waals surface area contributed by atoms with Crippen LogP contribution in [0.2, 0.25) is 0 Å². The van der Waals surface area contributed by atoms with E-state index in [1.807, 2.05) is 6.26 Å². The Labute approximate surface area is 110 Å². The van der Waals surface area contributed by atoms with Crippen LogP contribution in [-0.4, -0.2) is 35.4 Å². The van der Waals surface area contributed by atoms with Gasteiger partial charge in [-0.25, -0.2) is 0 Å². The van der Waals surface area contributed by atoms with Crippen LogP contribution in [0.15, 0.2) is 4.99 Å². The van der Waals surface area contributed by atoms with Gasteiger partial charge in [0.25, 0.3) is 0 Å². The van der Waals surface area contributed by atoms with Gasteiger partial charge in [0.15, 0.2) is 0 Å². The number of rotatable bonds is 4. The maximum absolute atomic E-state index is 11.2. The van der Waals surface area contributed by atoms with Gasteiger partial charge in [-0.1, -0.05) is 0 Å². The maximum atomic E-state index is 11.2. The molecular weight excluding hydrogens is 340 g/mol. The van der Waals surface area contributed by atoms with Gasteiger partial charge in [0.2, 0.25) is 0 Å². The zero-order valence-electron chi connectivity index (χ0n) is 10.2. The summed E-state index contributed by atoms with van der Waals surface area (Å²) < 4.78 is -1.92. The van der Waals surface area contributed by atoms with Crippen LogP contribution < -0.4 is 0 Å². The summed E-state index contributed by atoms with van der Waals surface area (Å²) in [6, 6.07) is 0. The van der Waals surface area contributed by atoms with Crippen molar-refractivity contribution in [2.45, 2.75) is 27.7 Å². The Morgan fingerprint density at radius 1 is 1.27 bits per heavy atom. The van der Waals surface area contributed by atoms with Gasteiger partial charge in [0.1, 0.15) is 0 Å². The Kier molecular flexibility index (Phi) is 6.30. The second-order valence-corrected chi connectivity index (χ2v) is 17.8. The Morgan fingerprint density at radius 3 is 1.87 bits per heavy atom. The van der Waals surface area contributed by atoms with Crippen LogP contribution in [0.5, 0.6) is 0 Å². The van der Waals surface area contributed by atoms with Gasteiger partial charge >= 0.3 is 111 Å². The first-order valence-electron chi connectivity index (χ1n) is 5.23. The average molecular weight is 361 g/mol. The minimum absolute atomic E-state index is 0.0691. The Balaban J connectivity index is 5.50. The van der Waals surface area contributed by atoms with Crippen LogP contribution in [0.3, 0.4) is 0 Å². The zero-order valence-corrected chi connectivity index (χ0v) is 14.1. The van der Waals surface area contributed by atoms with Gasteiger partial charge in [-0.2, -0.15) is 0 Å². The molecular formula is C10H21INOPS. The standard InChI is InChI=1S/C10H21INOPS/c1-6-14(11,7-2,8-3)10(15-5)12-9(4)13/h6-8H2,1-5H3. The van der Waals surface area contributed by atoms with Crippen molar-refractivity contribution in [1.82, 2.24) is 0 Å². The third-order valence-electron chi connectivity index (χ3n) is 3.09. The number of halogens is 1. The van der Waals surface area contributed by atoms with E-state index in [2.05, 4.69) is 47.8 Å². The van der Waals surface area contributed by atoms with Gasteiger partial charge in [-0.05, 0) is 0 Å². The molecule has 0 saturated heterocycles. The summed E-state index contributed by atoms with van der Waals surface area (Å²) in [5.41, 5.74) is 0. The van der Waals surface area contributed by atoms with E-state index in [0.29, 0.717) is 0 Å². The topological polar surface area (TPSA) is 29.4 Å². The molecule has 2 nitrogen and oxygen atoms in total. The van der Waals surface area contributed by atoms with Crippen LogP contribution in [0, 0.1) is 0 Å². The van der Waals surface area contributed by atoms with E-state index < -0.39 is 4.25 Å². The molecule has 0 aliphatic heterocycles. The van der Waals surface area contributed by atoms with Crippen LogP contribution in [0.25, 0.3) is 0 Å². The first kappa shape index (κ1) is 15.9. The third-order valence-corrected chi connectivity index (χ3v) is 19.4. The summed E-state index contributed by atoms with van der Waals surface area (Å²) in [7, 11) is 0. The molecule has 0 heterocycles. The summed E-state index contributed by atoms with van der Waals surface area (Å²) in [5, 5.41) is 0. The Bertz CT molecular complexity index is 266. The van der Waals surface area contributed by atoms with Crippen molar-refractivity contribution in [1.29, 1.82) is 0 Å².